The normalized spacial score (nSPS) is 10.7. The van der Waals surface area contributed by atoms with Crippen LogP contribution in [0.25, 0.3) is 11.1 Å². The van der Waals surface area contributed by atoms with E-state index in [0.29, 0.717) is 11.3 Å². The van der Waals surface area contributed by atoms with Crippen molar-refractivity contribution in [1.82, 2.24) is 9.78 Å². The molecular weight excluding hydrogens is 205 g/mol. The van der Waals surface area contributed by atoms with Crippen LogP contribution in [0.1, 0.15) is 12.6 Å². The lowest BCUT2D eigenvalue weighted by Gasteiger charge is -2.02. The molecule has 0 fully saturated rings. The summed E-state index contributed by atoms with van der Waals surface area (Å²) < 4.78 is 15.5. The minimum atomic E-state index is -0.307. The second-order valence-corrected chi connectivity index (χ2v) is 3.72. The Bertz CT molecular complexity index is 517. The fraction of sp³-hybridized carbons (Fsp3) is 0.250. The number of hydrogen-bond donors (Lipinski definition) is 1. The van der Waals surface area contributed by atoms with Crippen molar-refractivity contribution in [1.29, 1.82) is 0 Å². The molecule has 0 unspecified atom stereocenters. The summed E-state index contributed by atoms with van der Waals surface area (Å²) in [6.45, 7) is 4.64. The highest BCUT2D eigenvalue weighted by Gasteiger charge is 2.11. The number of nitrogens with two attached hydrogens (primary N) is 1. The zero-order valence-electron chi connectivity index (χ0n) is 9.37. The Hall–Kier alpha value is -1.84. The van der Waals surface area contributed by atoms with Crippen molar-refractivity contribution in [3.63, 3.8) is 0 Å². The number of aryl methyl sites for hydroxylation is 2. The summed E-state index contributed by atoms with van der Waals surface area (Å²) in [6, 6.07) is 4.72. The van der Waals surface area contributed by atoms with E-state index in [-0.39, 0.29) is 5.82 Å². The van der Waals surface area contributed by atoms with Gasteiger partial charge < -0.3 is 5.73 Å². The predicted molar refractivity (Wildman–Crippen MR) is 62.4 cm³/mol. The summed E-state index contributed by atoms with van der Waals surface area (Å²) in [4.78, 5) is 0. The van der Waals surface area contributed by atoms with Gasteiger partial charge in [0.1, 0.15) is 5.82 Å². The predicted octanol–water partition coefficient (Wildman–Crippen LogP) is 2.60. The van der Waals surface area contributed by atoms with E-state index in [1.807, 2.05) is 20.0 Å². The molecule has 0 aliphatic heterocycles. The Kier molecular flexibility index (Phi) is 2.64. The number of nitrogen functional groups attached to an aromatic ring is 1. The number of rotatable bonds is 2. The van der Waals surface area contributed by atoms with E-state index in [1.54, 1.807) is 16.8 Å². The zero-order chi connectivity index (χ0) is 11.7. The van der Waals surface area contributed by atoms with Gasteiger partial charge >= 0.3 is 0 Å². The maximum absolute atomic E-state index is 13.7. The molecule has 0 spiro atoms. The van der Waals surface area contributed by atoms with Crippen LogP contribution in [0.2, 0.25) is 0 Å². The standard InChI is InChI=1S/C12H14FN3/c1-3-16-7-11(8(2)15-16)10-5-4-9(14)6-12(10)13/h4-7H,3,14H2,1-2H3. The van der Waals surface area contributed by atoms with Crippen molar-refractivity contribution < 1.29 is 4.39 Å². The van der Waals surface area contributed by atoms with Crippen molar-refractivity contribution in [2.75, 3.05) is 5.73 Å². The quantitative estimate of drug-likeness (QED) is 0.789. The molecule has 1 aromatic carbocycles. The Morgan fingerprint density at radius 1 is 1.38 bits per heavy atom. The van der Waals surface area contributed by atoms with E-state index >= 15 is 0 Å². The Morgan fingerprint density at radius 2 is 2.12 bits per heavy atom. The summed E-state index contributed by atoms with van der Waals surface area (Å²) in [7, 11) is 0. The molecule has 4 heteroatoms. The van der Waals surface area contributed by atoms with Crippen LogP contribution >= 0.6 is 0 Å². The molecular formula is C12H14FN3. The van der Waals surface area contributed by atoms with Gasteiger partial charge in [-0.05, 0) is 32.0 Å². The van der Waals surface area contributed by atoms with Crippen LogP contribution in [0, 0.1) is 12.7 Å². The Balaban J connectivity index is 2.53. The summed E-state index contributed by atoms with van der Waals surface area (Å²) in [5.74, 6) is -0.307. The average molecular weight is 219 g/mol. The molecule has 0 saturated heterocycles. The van der Waals surface area contributed by atoms with Gasteiger partial charge in [0.05, 0.1) is 5.69 Å². The highest BCUT2D eigenvalue weighted by molar-refractivity contribution is 5.67. The molecule has 0 radical (unpaired) electrons. The first kappa shape index (κ1) is 10.7. The number of aromatic nitrogens is 2. The minimum absolute atomic E-state index is 0.307. The maximum Gasteiger partial charge on any atom is 0.133 e. The first-order valence-corrected chi connectivity index (χ1v) is 5.21. The molecule has 2 aromatic rings. The summed E-state index contributed by atoms with van der Waals surface area (Å²) >= 11 is 0. The Morgan fingerprint density at radius 3 is 2.69 bits per heavy atom. The first-order chi connectivity index (χ1) is 7.61. The fourth-order valence-corrected chi connectivity index (χ4v) is 1.69. The van der Waals surface area contributed by atoms with Crippen LogP contribution < -0.4 is 5.73 Å². The molecule has 1 heterocycles. The lowest BCUT2D eigenvalue weighted by molar-refractivity contribution is 0.631. The smallest absolute Gasteiger partial charge is 0.133 e. The van der Waals surface area contributed by atoms with Crippen LogP contribution in [0.5, 0.6) is 0 Å². The molecule has 0 aliphatic carbocycles. The first-order valence-electron chi connectivity index (χ1n) is 5.21. The van der Waals surface area contributed by atoms with Gasteiger partial charge in [-0.1, -0.05) is 0 Å². The zero-order valence-corrected chi connectivity index (χ0v) is 9.37. The van der Waals surface area contributed by atoms with Crippen LogP contribution in [0.15, 0.2) is 24.4 Å². The number of halogens is 1. The minimum Gasteiger partial charge on any atom is -0.399 e. The highest BCUT2D eigenvalue weighted by atomic mass is 19.1. The SMILES string of the molecule is CCn1cc(-c2ccc(N)cc2F)c(C)n1. The average Bonchev–Trinajstić information content (AvgIpc) is 2.60. The van der Waals surface area contributed by atoms with Crippen LogP contribution in [-0.4, -0.2) is 9.78 Å². The van der Waals surface area contributed by atoms with Crippen molar-refractivity contribution in [2.45, 2.75) is 20.4 Å². The molecule has 3 nitrogen and oxygen atoms in total. The van der Waals surface area contributed by atoms with Gasteiger partial charge in [-0.15, -0.1) is 0 Å². The summed E-state index contributed by atoms with van der Waals surface area (Å²) in [5, 5.41) is 4.29. The highest BCUT2D eigenvalue weighted by Crippen LogP contribution is 2.26. The van der Waals surface area contributed by atoms with Crippen molar-refractivity contribution >= 4 is 5.69 Å². The molecule has 1 aromatic heterocycles. The van der Waals surface area contributed by atoms with Gasteiger partial charge in [0, 0.05) is 29.6 Å². The van der Waals surface area contributed by atoms with Crippen molar-refractivity contribution in [2.24, 2.45) is 0 Å². The Labute approximate surface area is 93.7 Å². The molecule has 0 atom stereocenters. The van der Waals surface area contributed by atoms with Crippen LogP contribution in [-0.2, 0) is 6.54 Å². The van der Waals surface area contributed by atoms with Gasteiger partial charge in [-0.25, -0.2) is 4.39 Å². The molecule has 0 amide bonds. The number of nitrogens with zero attached hydrogens (tertiary/aromatic N) is 2. The van der Waals surface area contributed by atoms with Crippen molar-refractivity contribution in [3.8, 4) is 11.1 Å². The molecule has 16 heavy (non-hydrogen) atoms. The van der Waals surface area contributed by atoms with Gasteiger partial charge in [0.25, 0.3) is 0 Å². The molecule has 0 saturated carbocycles. The van der Waals surface area contributed by atoms with E-state index in [4.69, 9.17) is 5.73 Å². The molecule has 0 aliphatic rings. The monoisotopic (exact) mass is 219 g/mol. The topological polar surface area (TPSA) is 43.8 Å². The third-order valence-electron chi connectivity index (χ3n) is 2.55. The van der Waals surface area contributed by atoms with E-state index in [1.165, 1.54) is 6.07 Å². The van der Waals surface area contributed by atoms with Gasteiger partial charge in [-0.2, -0.15) is 5.10 Å². The largest absolute Gasteiger partial charge is 0.399 e. The third kappa shape index (κ3) is 1.78. The van der Waals surface area contributed by atoms with Gasteiger partial charge in [0.15, 0.2) is 0 Å². The molecule has 84 valence electrons. The summed E-state index contributed by atoms with van der Waals surface area (Å²) in [6.07, 6.45) is 1.85. The lowest BCUT2D eigenvalue weighted by Crippen LogP contribution is -1.93. The van der Waals surface area contributed by atoms with Gasteiger partial charge in [-0.3, -0.25) is 4.68 Å². The fourth-order valence-electron chi connectivity index (χ4n) is 1.69. The second kappa shape index (κ2) is 3.96. The second-order valence-electron chi connectivity index (χ2n) is 3.72. The molecule has 2 rings (SSSR count). The lowest BCUT2D eigenvalue weighted by atomic mass is 10.1. The van der Waals surface area contributed by atoms with Gasteiger partial charge in [0.2, 0.25) is 0 Å². The third-order valence-corrected chi connectivity index (χ3v) is 2.55. The van der Waals surface area contributed by atoms with Crippen LogP contribution in [0.3, 0.4) is 0 Å². The molecule has 2 N–H and O–H groups in total. The van der Waals surface area contributed by atoms with E-state index in [9.17, 15) is 4.39 Å². The maximum atomic E-state index is 13.7. The number of hydrogen-bond acceptors (Lipinski definition) is 2. The summed E-state index contributed by atoms with van der Waals surface area (Å²) in [5.41, 5.74) is 8.14. The van der Waals surface area contributed by atoms with E-state index < -0.39 is 0 Å². The van der Waals surface area contributed by atoms with Crippen molar-refractivity contribution in [3.05, 3.63) is 35.9 Å². The number of benzene rings is 1. The van der Waals surface area contributed by atoms with E-state index in [2.05, 4.69) is 5.10 Å². The van der Waals surface area contributed by atoms with Crippen LogP contribution in [0.4, 0.5) is 10.1 Å². The molecule has 0 bridgehead atoms. The number of anilines is 1. The van der Waals surface area contributed by atoms with E-state index in [0.717, 1.165) is 17.8 Å².